The Balaban J connectivity index is 3.96. The fraction of sp³-hybridized carbons (Fsp3) is 0.857. The van der Waals surface area contributed by atoms with E-state index in [4.69, 9.17) is 15.2 Å². The first-order valence-electron chi connectivity index (χ1n) is 6.69. The van der Waals surface area contributed by atoms with E-state index in [0.29, 0.717) is 12.5 Å². The van der Waals surface area contributed by atoms with Gasteiger partial charge in [0.1, 0.15) is 0 Å². The van der Waals surface area contributed by atoms with Crippen LogP contribution in [0.3, 0.4) is 0 Å². The summed E-state index contributed by atoms with van der Waals surface area (Å²) in [5.74, 6) is -0.165. The summed E-state index contributed by atoms with van der Waals surface area (Å²) < 4.78 is 9.74. The summed E-state index contributed by atoms with van der Waals surface area (Å²) in [7, 11) is 0. The highest BCUT2D eigenvalue weighted by Crippen LogP contribution is 2.16. The second-order valence-corrected chi connectivity index (χ2v) is 6.25. The molecule has 0 heterocycles. The van der Waals surface area contributed by atoms with Crippen molar-refractivity contribution in [2.24, 2.45) is 23.0 Å². The molecule has 0 aliphatic heterocycles. The number of nitrogens with two attached hydrogens (primary N) is 1. The van der Waals surface area contributed by atoms with Crippen LogP contribution in [0.2, 0.25) is 0 Å². The third-order valence-electron chi connectivity index (χ3n) is 2.62. The van der Waals surface area contributed by atoms with E-state index >= 15 is 0 Å². The Morgan fingerprint density at radius 2 is 1.74 bits per heavy atom. The zero-order chi connectivity index (χ0) is 15.1. The van der Waals surface area contributed by atoms with Crippen LogP contribution in [0, 0.1) is 17.3 Å². The molecule has 0 aliphatic rings. The van der Waals surface area contributed by atoms with Crippen LogP contribution in [-0.4, -0.2) is 25.3 Å². The van der Waals surface area contributed by atoms with Gasteiger partial charge in [-0.1, -0.05) is 13.8 Å². The van der Waals surface area contributed by atoms with Crippen molar-refractivity contribution >= 4 is 11.9 Å². The van der Waals surface area contributed by atoms with E-state index in [-0.39, 0.29) is 25.1 Å². The molecule has 0 radical (unpaired) electrons. The van der Waals surface area contributed by atoms with Gasteiger partial charge >= 0.3 is 11.9 Å². The Hall–Kier alpha value is -1.10. The van der Waals surface area contributed by atoms with Gasteiger partial charge in [0.25, 0.3) is 0 Å². The van der Waals surface area contributed by atoms with Crippen molar-refractivity contribution in [1.82, 2.24) is 0 Å². The zero-order valence-corrected chi connectivity index (χ0v) is 12.7. The number of carbonyl (C=O) groups excluding carboxylic acids is 2. The fourth-order valence-electron chi connectivity index (χ4n) is 1.59. The number of ether oxygens (including phenoxy) is 2. The molecule has 0 aromatic carbocycles. The molecule has 1 atom stereocenters. The SMILES string of the molecule is CC(C)CC(CN)CC(=O)OCOC(=O)C(C)(C)C. The molecule has 0 spiro atoms. The molecule has 0 bridgehead atoms. The highest BCUT2D eigenvalue weighted by atomic mass is 16.7. The van der Waals surface area contributed by atoms with Gasteiger partial charge < -0.3 is 15.2 Å². The molecular formula is C14H27NO4. The Labute approximate surface area is 115 Å². The smallest absolute Gasteiger partial charge is 0.314 e. The third-order valence-corrected chi connectivity index (χ3v) is 2.62. The van der Waals surface area contributed by atoms with E-state index < -0.39 is 11.4 Å². The molecule has 0 saturated heterocycles. The van der Waals surface area contributed by atoms with E-state index in [2.05, 4.69) is 13.8 Å². The van der Waals surface area contributed by atoms with E-state index in [1.165, 1.54) is 0 Å². The van der Waals surface area contributed by atoms with Crippen LogP contribution >= 0.6 is 0 Å². The fourth-order valence-corrected chi connectivity index (χ4v) is 1.59. The van der Waals surface area contributed by atoms with Crippen LogP contribution in [0.4, 0.5) is 0 Å². The highest BCUT2D eigenvalue weighted by Gasteiger charge is 2.23. The largest absolute Gasteiger partial charge is 0.428 e. The monoisotopic (exact) mass is 273 g/mol. The molecule has 0 aromatic rings. The Bertz CT molecular complexity index is 294. The van der Waals surface area contributed by atoms with Gasteiger partial charge in [-0.25, -0.2) is 0 Å². The first-order chi connectivity index (χ1) is 8.66. The average Bonchev–Trinajstić information content (AvgIpc) is 2.25. The molecule has 2 N–H and O–H groups in total. The van der Waals surface area contributed by atoms with E-state index in [9.17, 15) is 9.59 Å². The topological polar surface area (TPSA) is 78.6 Å². The van der Waals surface area contributed by atoms with Crippen molar-refractivity contribution in [3.05, 3.63) is 0 Å². The average molecular weight is 273 g/mol. The lowest BCUT2D eigenvalue weighted by atomic mass is 9.94. The van der Waals surface area contributed by atoms with Crippen LogP contribution in [0.1, 0.15) is 47.5 Å². The molecule has 112 valence electrons. The maximum Gasteiger partial charge on any atom is 0.314 e. The van der Waals surface area contributed by atoms with Crippen molar-refractivity contribution in [2.45, 2.75) is 47.5 Å². The van der Waals surface area contributed by atoms with Gasteiger partial charge in [-0.05, 0) is 45.6 Å². The molecule has 5 heteroatoms. The lowest BCUT2D eigenvalue weighted by Crippen LogP contribution is -2.26. The minimum atomic E-state index is -0.593. The number of esters is 2. The molecule has 0 amide bonds. The second kappa shape index (κ2) is 8.15. The summed E-state index contributed by atoms with van der Waals surface area (Å²) in [5, 5.41) is 0. The third kappa shape index (κ3) is 8.59. The van der Waals surface area contributed by atoms with Gasteiger partial charge in [-0.2, -0.15) is 0 Å². The van der Waals surface area contributed by atoms with Gasteiger partial charge in [0.2, 0.25) is 6.79 Å². The minimum absolute atomic E-state index is 0.116. The van der Waals surface area contributed by atoms with Crippen LogP contribution in [0.5, 0.6) is 0 Å². The van der Waals surface area contributed by atoms with Gasteiger partial charge in [-0.15, -0.1) is 0 Å². The van der Waals surface area contributed by atoms with Gasteiger partial charge in [-0.3, -0.25) is 9.59 Å². The predicted octanol–water partition coefficient (Wildman–Crippen LogP) is 2.09. The summed E-state index contributed by atoms with van der Waals surface area (Å²) in [6.07, 6.45) is 1.15. The standard InChI is InChI=1S/C14H27NO4/c1-10(2)6-11(8-15)7-12(16)18-9-19-13(17)14(3,4)5/h10-11H,6-9,15H2,1-5H3. The molecule has 19 heavy (non-hydrogen) atoms. The van der Waals surface area contributed by atoms with Gasteiger partial charge in [0.05, 0.1) is 5.41 Å². The van der Waals surface area contributed by atoms with E-state index in [1.54, 1.807) is 20.8 Å². The summed E-state index contributed by atoms with van der Waals surface area (Å²) >= 11 is 0. The van der Waals surface area contributed by atoms with Crippen LogP contribution in [0.25, 0.3) is 0 Å². The Kier molecular flexibility index (Phi) is 7.68. The summed E-state index contributed by atoms with van der Waals surface area (Å²) in [6, 6.07) is 0. The Morgan fingerprint density at radius 3 is 2.16 bits per heavy atom. The van der Waals surface area contributed by atoms with Gasteiger partial charge in [0.15, 0.2) is 0 Å². The molecular weight excluding hydrogens is 246 g/mol. The minimum Gasteiger partial charge on any atom is -0.428 e. The summed E-state index contributed by atoms with van der Waals surface area (Å²) in [4.78, 5) is 23.0. The van der Waals surface area contributed by atoms with Crippen molar-refractivity contribution in [3.8, 4) is 0 Å². The van der Waals surface area contributed by atoms with Crippen LogP contribution < -0.4 is 5.73 Å². The number of hydrogen-bond acceptors (Lipinski definition) is 5. The molecule has 0 saturated carbocycles. The number of rotatable bonds is 7. The van der Waals surface area contributed by atoms with E-state index in [0.717, 1.165) is 6.42 Å². The van der Waals surface area contributed by atoms with Crippen LogP contribution in [-0.2, 0) is 19.1 Å². The molecule has 1 unspecified atom stereocenters. The maximum absolute atomic E-state index is 11.6. The normalized spacial score (nSPS) is 13.2. The van der Waals surface area contributed by atoms with Crippen molar-refractivity contribution in [3.63, 3.8) is 0 Å². The van der Waals surface area contributed by atoms with E-state index in [1.807, 2.05) is 0 Å². The molecule has 0 rings (SSSR count). The molecule has 0 aromatic heterocycles. The van der Waals surface area contributed by atoms with Crippen molar-refractivity contribution in [1.29, 1.82) is 0 Å². The lowest BCUT2D eigenvalue weighted by Gasteiger charge is -2.18. The summed E-state index contributed by atoms with van der Waals surface area (Å²) in [5.41, 5.74) is 5.02. The quantitative estimate of drug-likeness (QED) is 0.567. The molecule has 5 nitrogen and oxygen atoms in total. The Morgan fingerprint density at radius 1 is 1.16 bits per heavy atom. The second-order valence-electron chi connectivity index (χ2n) is 6.25. The first-order valence-corrected chi connectivity index (χ1v) is 6.69. The summed E-state index contributed by atoms with van der Waals surface area (Å²) in [6.45, 7) is 9.51. The lowest BCUT2D eigenvalue weighted by molar-refractivity contribution is -0.173. The van der Waals surface area contributed by atoms with Crippen molar-refractivity contribution in [2.75, 3.05) is 13.3 Å². The number of hydrogen-bond donors (Lipinski definition) is 1. The van der Waals surface area contributed by atoms with Crippen molar-refractivity contribution < 1.29 is 19.1 Å². The molecule has 0 fully saturated rings. The predicted molar refractivity (Wildman–Crippen MR) is 73.1 cm³/mol. The number of carbonyl (C=O) groups is 2. The maximum atomic E-state index is 11.6. The highest BCUT2D eigenvalue weighted by molar-refractivity contribution is 5.75. The van der Waals surface area contributed by atoms with Crippen LogP contribution in [0.15, 0.2) is 0 Å². The van der Waals surface area contributed by atoms with Gasteiger partial charge in [0, 0.05) is 6.42 Å². The zero-order valence-electron chi connectivity index (χ0n) is 12.7. The first kappa shape index (κ1) is 17.9. The molecule has 0 aliphatic carbocycles.